The number of benzene rings is 1. The molecule has 0 unspecified atom stereocenters. The lowest BCUT2D eigenvalue weighted by atomic mass is 10.0. The van der Waals surface area contributed by atoms with Crippen LogP contribution in [-0.4, -0.2) is 18.6 Å². The average Bonchev–Trinajstić information content (AvgIpc) is 2.46. The van der Waals surface area contributed by atoms with Gasteiger partial charge >= 0.3 is 0 Å². The Balaban J connectivity index is 2.01. The number of anilines is 2. The minimum atomic E-state index is 0.881. The van der Waals surface area contributed by atoms with E-state index in [4.69, 9.17) is 4.98 Å². The summed E-state index contributed by atoms with van der Waals surface area (Å²) in [6.07, 6.45) is 2.36. The zero-order valence-electron chi connectivity index (χ0n) is 12.2. The van der Waals surface area contributed by atoms with E-state index in [0.29, 0.717) is 0 Å². The molecule has 0 fully saturated rings. The summed E-state index contributed by atoms with van der Waals surface area (Å²) in [6.45, 7) is 4.00. The third-order valence-electron chi connectivity index (χ3n) is 3.77. The Kier molecular flexibility index (Phi) is 3.70. The average molecular weight is 267 g/mol. The van der Waals surface area contributed by atoms with Crippen LogP contribution in [0.1, 0.15) is 23.2 Å². The molecule has 0 saturated carbocycles. The molecule has 2 aromatic rings. The van der Waals surface area contributed by atoms with Crippen LogP contribution in [0.25, 0.3) is 0 Å². The fourth-order valence-corrected chi connectivity index (χ4v) is 2.94. The predicted molar refractivity (Wildman–Crippen MR) is 83.5 cm³/mol. The molecule has 1 aromatic heterocycles. The maximum atomic E-state index is 4.74. The molecule has 1 N–H and O–H groups in total. The quantitative estimate of drug-likeness (QED) is 0.925. The van der Waals surface area contributed by atoms with Gasteiger partial charge in [-0.25, -0.2) is 4.98 Å². The fourth-order valence-electron chi connectivity index (χ4n) is 2.94. The number of rotatable bonds is 3. The van der Waals surface area contributed by atoms with Crippen LogP contribution in [0, 0.1) is 6.92 Å². The Bertz CT molecular complexity index is 607. The standard InChI is InChI=1S/C17H21N3/c1-13-10-14(12-18-2)11-17(19-13)20-9-5-7-15-6-3-4-8-16(15)20/h3-4,6,8,10-11,18H,5,7,9,12H2,1-2H3. The second-order valence-electron chi connectivity index (χ2n) is 5.39. The minimum Gasteiger partial charge on any atom is -0.326 e. The number of fused-ring (bicyclic) bond motifs is 1. The molecule has 0 radical (unpaired) electrons. The van der Waals surface area contributed by atoms with E-state index in [-0.39, 0.29) is 0 Å². The van der Waals surface area contributed by atoms with Gasteiger partial charge in [0.05, 0.1) is 0 Å². The number of aryl methyl sites for hydroxylation is 2. The van der Waals surface area contributed by atoms with E-state index in [0.717, 1.165) is 24.6 Å². The highest BCUT2D eigenvalue weighted by atomic mass is 15.2. The molecule has 0 aliphatic carbocycles. The van der Waals surface area contributed by atoms with Crippen molar-refractivity contribution in [2.45, 2.75) is 26.3 Å². The summed E-state index contributed by atoms with van der Waals surface area (Å²) in [5, 5.41) is 3.21. The van der Waals surface area contributed by atoms with Crippen molar-refractivity contribution in [2.75, 3.05) is 18.5 Å². The van der Waals surface area contributed by atoms with E-state index in [1.807, 2.05) is 7.05 Å². The van der Waals surface area contributed by atoms with Gasteiger partial charge in [0, 0.05) is 24.5 Å². The highest BCUT2D eigenvalue weighted by molar-refractivity contribution is 5.65. The van der Waals surface area contributed by atoms with E-state index in [1.165, 1.54) is 29.7 Å². The summed E-state index contributed by atoms with van der Waals surface area (Å²) in [7, 11) is 1.98. The molecule has 3 nitrogen and oxygen atoms in total. The van der Waals surface area contributed by atoms with Crippen LogP contribution in [0.5, 0.6) is 0 Å². The molecule has 1 aliphatic heterocycles. The highest BCUT2D eigenvalue weighted by Gasteiger charge is 2.19. The van der Waals surface area contributed by atoms with Gasteiger partial charge in [0.2, 0.25) is 0 Å². The number of nitrogens with zero attached hydrogens (tertiary/aromatic N) is 2. The van der Waals surface area contributed by atoms with Crippen LogP contribution < -0.4 is 10.2 Å². The molecule has 2 heterocycles. The van der Waals surface area contributed by atoms with Crippen LogP contribution in [0.15, 0.2) is 36.4 Å². The zero-order valence-corrected chi connectivity index (χ0v) is 12.2. The first kappa shape index (κ1) is 13.1. The number of nitrogens with one attached hydrogen (secondary N) is 1. The van der Waals surface area contributed by atoms with Gasteiger partial charge < -0.3 is 10.2 Å². The molecule has 3 rings (SSSR count). The van der Waals surface area contributed by atoms with Gasteiger partial charge in [0.1, 0.15) is 5.82 Å². The summed E-state index contributed by atoms with van der Waals surface area (Å²) in [5.41, 5.74) is 5.11. The number of aromatic nitrogens is 1. The summed E-state index contributed by atoms with van der Waals surface area (Å²) in [4.78, 5) is 7.09. The number of hydrogen-bond acceptors (Lipinski definition) is 3. The van der Waals surface area contributed by atoms with Crippen LogP contribution in [0.4, 0.5) is 11.5 Å². The second kappa shape index (κ2) is 5.63. The maximum absolute atomic E-state index is 4.74. The molecular formula is C17H21N3. The number of hydrogen-bond donors (Lipinski definition) is 1. The monoisotopic (exact) mass is 267 g/mol. The summed E-state index contributed by atoms with van der Waals surface area (Å²) >= 11 is 0. The van der Waals surface area contributed by atoms with Crippen LogP contribution in [0.2, 0.25) is 0 Å². The van der Waals surface area contributed by atoms with E-state index < -0.39 is 0 Å². The smallest absolute Gasteiger partial charge is 0.133 e. The third kappa shape index (κ3) is 2.54. The molecule has 20 heavy (non-hydrogen) atoms. The Morgan fingerprint density at radius 1 is 1.25 bits per heavy atom. The Labute approximate surface area is 120 Å². The molecular weight excluding hydrogens is 246 g/mol. The maximum Gasteiger partial charge on any atom is 0.133 e. The van der Waals surface area contributed by atoms with E-state index in [2.05, 4.69) is 53.5 Å². The Morgan fingerprint density at radius 3 is 2.95 bits per heavy atom. The zero-order chi connectivity index (χ0) is 13.9. The Hall–Kier alpha value is -1.87. The summed E-state index contributed by atoms with van der Waals surface area (Å²) in [6, 6.07) is 13.0. The van der Waals surface area contributed by atoms with Crippen molar-refractivity contribution in [3.05, 3.63) is 53.2 Å². The molecule has 0 atom stereocenters. The van der Waals surface area contributed by atoms with Crippen molar-refractivity contribution in [2.24, 2.45) is 0 Å². The molecule has 104 valence electrons. The molecule has 0 saturated heterocycles. The molecule has 3 heteroatoms. The largest absolute Gasteiger partial charge is 0.326 e. The van der Waals surface area contributed by atoms with Crippen molar-refractivity contribution in [3.63, 3.8) is 0 Å². The van der Waals surface area contributed by atoms with E-state index in [9.17, 15) is 0 Å². The molecule has 0 bridgehead atoms. The number of pyridine rings is 1. The van der Waals surface area contributed by atoms with Crippen molar-refractivity contribution in [1.82, 2.24) is 10.3 Å². The lowest BCUT2D eigenvalue weighted by molar-refractivity contribution is 0.755. The van der Waals surface area contributed by atoms with Crippen molar-refractivity contribution < 1.29 is 0 Å². The summed E-state index contributed by atoms with van der Waals surface area (Å²) < 4.78 is 0. The van der Waals surface area contributed by atoms with Crippen molar-refractivity contribution >= 4 is 11.5 Å². The SMILES string of the molecule is CNCc1cc(C)nc(N2CCCc3ccccc32)c1. The van der Waals surface area contributed by atoms with Gasteiger partial charge in [0.25, 0.3) is 0 Å². The first-order valence-corrected chi connectivity index (χ1v) is 7.25. The first-order chi connectivity index (χ1) is 9.78. The second-order valence-corrected chi connectivity index (χ2v) is 5.39. The van der Waals surface area contributed by atoms with Gasteiger partial charge in [-0.15, -0.1) is 0 Å². The predicted octanol–water partition coefficient (Wildman–Crippen LogP) is 3.19. The molecule has 0 spiro atoms. The van der Waals surface area contributed by atoms with Crippen LogP contribution >= 0.6 is 0 Å². The summed E-state index contributed by atoms with van der Waals surface area (Å²) in [5.74, 6) is 1.07. The molecule has 1 aromatic carbocycles. The lowest BCUT2D eigenvalue weighted by Gasteiger charge is -2.30. The number of para-hydroxylation sites is 1. The molecule has 1 aliphatic rings. The topological polar surface area (TPSA) is 28.2 Å². The van der Waals surface area contributed by atoms with E-state index >= 15 is 0 Å². The third-order valence-corrected chi connectivity index (χ3v) is 3.77. The van der Waals surface area contributed by atoms with Gasteiger partial charge in [-0.1, -0.05) is 18.2 Å². The minimum absolute atomic E-state index is 0.881. The lowest BCUT2D eigenvalue weighted by Crippen LogP contribution is -2.25. The Morgan fingerprint density at radius 2 is 2.10 bits per heavy atom. The van der Waals surface area contributed by atoms with Gasteiger partial charge in [-0.3, -0.25) is 0 Å². The van der Waals surface area contributed by atoms with Gasteiger partial charge in [-0.2, -0.15) is 0 Å². The fraction of sp³-hybridized carbons (Fsp3) is 0.353. The highest BCUT2D eigenvalue weighted by Crippen LogP contribution is 2.32. The van der Waals surface area contributed by atoms with Crippen molar-refractivity contribution in [3.8, 4) is 0 Å². The van der Waals surface area contributed by atoms with E-state index in [1.54, 1.807) is 0 Å². The van der Waals surface area contributed by atoms with Crippen LogP contribution in [-0.2, 0) is 13.0 Å². The van der Waals surface area contributed by atoms with Gasteiger partial charge in [-0.05, 0) is 56.1 Å². The van der Waals surface area contributed by atoms with Gasteiger partial charge in [0.15, 0.2) is 0 Å². The molecule has 0 amide bonds. The first-order valence-electron chi connectivity index (χ1n) is 7.25. The normalized spacial score (nSPS) is 14.2. The van der Waals surface area contributed by atoms with Crippen molar-refractivity contribution in [1.29, 1.82) is 0 Å². The van der Waals surface area contributed by atoms with Crippen LogP contribution in [0.3, 0.4) is 0 Å².